The van der Waals surface area contributed by atoms with Crippen LogP contribution in [0.3, 0.4) is 0 Å². The van der Waals surface area contributed by atoms with Crippen LogP contribution in [0.4, 0.5) is 0 Å². The van der Waals surface area contributed by atoms with Crippen LogP contribution in [0, 0.1) is 6.92 Å². The van der Waals surface area contributed by atoms with E-state index in [0.29, 0.717) is 5.76 Å². The van der Waals surface area contributed by atoms with Gasteiger partial charge in [-0.3, -0.25) is 9.59 Å². The number of phenols is 1. The molecule has 1 aromatic heterocycles. The lowest BCUT2D eigenvalue weighted by Gasteiger charge is -2.14. The van der Waals surface area contributed by atoms with Gasteiger partial charge in [0.2, 0.25) is 5.78 Å². The molecular formula is C13H8O4. The number of hydrogen-bond donors (Lipinski definition) is 1. The van der Waals surface area contributed by atoms with Gasteiger partial charge < -0.3 is 9.52 Å². The van der Waals surface area contributed by atoms with Gasteiger partial charge in [0, 0.05) is 5.56 Å². The van der Waals surface area contributed by atoms with E-state index in [1.54, 1.807) is 6.92 Å². The summed E-state index contributed by atoms with van der Waals surface area (Å²) in [5.74, 6) is -0.430. The maximum atomic E-state index is 12.2. The molecule has 0 amide bonds. The zero-order valence-electron chi connectivity index (χ0n) is 8.98. The Labute approximate surface area is 96.5 Å². The molecule has 0 saturated heterocycles. The van der Waals surface area contributed by atoms with Gasteiger partial charge in [0.25, 0.3) is 0 Å². The lowest BCUT2D eigenvalue weighted by atomic mass is 9.85. The number of aromatic hydroxyl groups is 1. The van der Waals surface area contributed by atoms with Crippen molar-refractivity contribution in [2.45, 2.75) is 6.92 Å². The Hall–Kier alpha value is -2.36. The number of benzene rings is 1. The Morgan fingerprint density at radius 3 is 2.59 bits per heavy atom. The van der Waals surface area contributed by atoms with E-state index in [0.717, 1.165) is 0 Å². The van der Waals surface area contributed by atoms with Crippen LogP contribution in [0.25, 0.3) is 0 Å². The van der Waals surface area contributed by atoms with Gasteiger partial charge in [-0.05, 0) is 13.0 Å². The van der Waals surface area contributed by atoms with Crippen LogP contribution in [-0.4, -0.2) is 16.7 Å². The van der Waals surface area contributed by atoms with Crippen LogP contribution < -0.4 is 0 Å². The second-order valence-electron chi connectivity index (χ2n) is 3.94. The number of phenolic OH excluding ortho intramolecular Hbond substituents is 1. The number of rotatable bonds is 0. The second-order valence-corrected chi connectivity index (χ2v) is 3.94. The van der Waals surface area contributed by atoms with Crippen molar-refractivity contribution >= 4 is 11.6 Å². The number of hydrogen-bond acceptors (Lipinski definition) is 4. The first-order valence-electron chi connectivity index (χ1n) is 5.10. The topological polar surface area (TPSA) is 67.5 Å². The van der Waals surface area contributed by atoms with Crippen molar-refractivity contribution in [2.24, 2.45) is 0 Å². The number of furan rings is 1. The molecule has 3 rings (SSSR count). The lowest BCUT2D eigenvalue weighted by molar-refractivity contribution is 0.0977. The van der Waals surface area contributed by atoms with E-state index in [2.05, 4.69) is 0 Å². The predicted molar refractivity (Wildman–Crippen MR) is 58.4 cm³/mol. The molecule has 1 aliphatic rings. The molecule has 1 heterocycles. The molecule has 0 unspecified atom stereocenters. The van der Waals surface area contributed by atoms with Gasteiger partial charge >= 0.3 is 0 Å². The number of carbonyl (C=O) groups excluding carboxylic acids is 2. The first-order chi connectivity index (χ1) is 8.11. The molecule has 4 heteroatoms. The normalized spacial score (nSPS) is 13.5. The molecule has 1 aromatic carbocycles. The molecule has 0 radical (unpaired) electrons. The summed E-state index contributed by atoms with van der Waals surface area (Å²) in [6.45, 7) is 1.62. The molecule has 0 spiro atoms. The number of aryl methyl sites for hydroxylation is 1. The fourth-order valence-electron chi connectivity index (χ4n) is 2.14. The molecule has 0 bridgehead atoms. The highest BCUT2D eigenvalue weighted by atomic mass is 16.3. The Morgan fingerprint density at radius 1 is 1.06 bits per heavy atom. The first kappa shape index (κ1) is 9.84. The summed E-state index contributed by atoms with van der Waals surface area (Å²) >= 11 is 0. The van der Waals surface area contributed by atoms with Crippen LogP contribution in [-0.2, 0) is 0 Å². The quantitative estimate of drug-likeness (QED) is 0.639. The number of ketones is 2. The van der Waals surface area contributed by atoms with Crippen molar-refractivity contribution in [3.8, 4) is 5.75 Å². The van der Waals surface area contributed by atoms with Crippen LogP contribution >= 0.6 is 0 Å². The fourth-order valence-corrected chi connectivity index (χ4v) is 2.14. The largest absolute Gasteiger partial charge is 0.507 e. The van der Waals surface area contributed by atoms with E-state index in [1.165, 1.54) is 24.5 Å². The van der Waals surface area contributed by atoms with E-state index in [9.17, 15) is 14.7 Å². The molecule has 0 saturated carbocycles. The maximum absolute atomic E-state index is 12.2. The Balaban J connectivity index is 2.39. The van der Waals surface area contributed by atoms with Gasteiger partial charge in [0.05, 0.1) is 16.7 Å². The average molecular weight is 228 g/mol. The average Bonchev–Trinajstić information content (AvgIpc) is 2.68. The molecule has 2 aromatic rings. The van der Waals surface area contributed by atoms with Gasteiger partial charge in [0.15, 0.2) is 5.78 Å². The minimum Gasteiger partial charge on any atom is -0.507 e. The Kier molecular flexibility index (Phi) is 1.78. The van der Waals surface area contributed by atoms with E-state index in [1.807, 2.05) is 0 Å². The van der Waals surface area contributed by atoms with Crippen LogP contribution in [0.5, 0.6) is 5.75 Å². The highest BCUT2D eigenvalue weighted by Gasteiger charge is 2.34. The molecule has 1 N–H and O–H groups in total. The molecule has 4 nitrogen and oxygen atoms in total. The van der Waals surface area contributed by atoms with Crippen LogP contribution in [0.15, 0.2) is 28.9 Å². The van der Waals surface area contributed by atoms with Crippen molar-refractivity contribution in [2.75, 3.05) is 0 Å². The van der Waals surface area contributed by atoms with E-state index < -0.39 is 0 Å². The smallest absolute Gasteiger partial charge is 0.201 e. The molecular weight excluding hydrogens is 220 g/mol. The molecule has 0 aliphatic heterocycles. The van der Waals surface area contributed by atoms with Crippen molar-refractivity contribution in [1.82, 2.24) is 0 Å². The fraction of sp³-hybridized carbons (Fsp3) is 0.0769. The molecule has 0 atom stereocenters. The standard InChI is InChI=1S/C13H8O4/c1-6-10-8(5-17-6)12(15)7-3-2-4-9(14)11(7)13(10)16/h2-5,14H,1H3. The summed E-state index contributed by atoms with van der Waals surface area (Å²) in [5, 5.41) is 9.69. The third-order valence-corrected chi connectivity index (χ3v) is 2.96. The number of carbonyl (C=O) groups is 2. The van der Waals surface area contributed by atoms with Gasteiger partial charge in [-0.2, -0.15) is 0 Å². The SMILES string of the molecule is Cc1occ2c1C(=O)c1c(O)cccc1C2=O. The third-order valence-electron chi connectivity index (χ3n) is 2.96. The summed E-state index contributed by atoms with van der Waals surface area (Å²) in [7, 11) is 0. The minimum atomic E-state index is -0.362. The predicted octanol–water partition coefficient (Wildman–Crippen LogP) is 2.07. The highest BCUT2D eigenvalue weighted by molar-refractivity contribution is 6.29. The zero-order chi connectivity index (χ0) is 12.2. The Bertz CT molecular complexity index is 664. The van der Waals surface area contributed by atoms with Crippen LogP contribution in [0.2, 0.25) is 0 Å². The summed E-state index contributed by atoms with van der Waals surface area (Å²) in [6, 6.07) is 4.46. The van der Waals surface area contributed by atoms with E-state index in [-0.39, 0.29) is 39.6 Å². The first-order valence-corrected chi connectivity index (χ1v) is 5.10. The third kappa shape index (κ3) is 1.12. The maximum Gasteiger partial charge on any atom is 0.201 e. The molecule has 1 aliphatic carbocycles. The van der Waals surface area contributed by atoms with Crippen molar-refractivity contribution in [1.29, 1.82) is 0 Å². The summed E-state index contributed by atoms with van der Waals surface area (Å²) in [5.41, 5.74) is 0.812. The second kappa shape index (κ2) is 3.07. The number of fused-ring (bicyclic) bond motifs is 2. The highest BCUT2D eigenvalue weighted by Crippen LogP contribution is 2.34. The van der Waals surface area contributed by atoms with E-state index >= 15 is 0 Å². The molecule has 84 valence electrons. The summed E-state index contributed by atoms with van der Waals surface area (Å²) < 4.78 is 5.11. The monoisotopic (exact) mass is 228 g/mol. The molecule has 17 heavy (non-hydrogen) atoms. The van der Waals surface area contributed by atoms with Gasteiger partial charge in [-0.15, -0.1) is 0 Å². The molecule has 0 fully saturated rings. The van der Waals surface area contributed by atoms with Crippen LogP contribution in [0.1, 0.15) is 37.6 Å². The zero-order valence-corrected chi connectivity index (χ0v) is 8.98. The summed E-state index contributed by atoms with van der Waals surface area (Å²) in [4.78, 5) is 24.3. The van der Waals surface area contributed by atoms with Gasteiger partial charge in [0.1, 0.15) is 17.8 Å². The lowest BCUT2D eigenvalue weighted by Crippen LogP contribution is -2.20. The van der Waals surface area contributed by atoms with E-state index in [4.69, 9.17) is 4.42 Å². The van der Waals surface area contributed by atoms with Crippen molar-refractivity contribution in [3.63, 3.8) is 0 Å². The van der Waals surface area contributed by atoms with Gasteiger partial charge in [-0.1, -0.05) is 12.1 Å². The summed E-state index contributed by atoms with van der Waals surface area (Å²) in [6.07, 6.45) is 1.29. The van der Waals surface area contributed by atoms with Gasteiger partial charge in [-0.25, -0.2) is 0 Å². The Morgan fingerprint density at radius 2 is 1.82 bits per heavy atom. The van der Waals surface area contributed by atoms with Crippen molar-refractivity contribution < 1.29 is 19.1 Å². The van der Waals surface area contributed by atoms with Crippen molar-refractivity contribution in [3.05, 3.63) is 52.5 Å². The minimum absolute atomic E-state index is 0.0644.